The summed E-state index contributed by atoms with van der Waals surface area (Å²) >= 11 is 0. The van der Waals surface area contributed by atoms with E-state index < -0.39 is 12.1 Å². The summed E-state index contributed by atoms with van der Waals surface area (Å²) in [5.41, 5.74) is 0.428. The molecule has 2 rings (SSSR count). The van der Waals surface area contributed by atoms with Gasteiger partial charge in [0, 0.05) is 19.5 Å². The summed E-state index contributed by atoms with van der Waals surface area (Å²) in [5, 5.41) is 10.8. The van der Waals surface area contributed by atoms with Crippen molar-refractivity contribution in [3.05, 3.63) is 41.7 Å². The lowest BCUT2D eigenvalue weighted by Crippen LogP contribution is -2.22. The monoisotopic (exact) mass is 260 g/mol. The highest BCUT2D eigenvalue weighted by atomic mass is 16.5. The predicted molar refractivity (Wildman–Crippen MR) is 64.1 cm³/mol. The molecular formula is C12H12N4O3. The van der Waals surface area contributed by atoms with E-state index >= 15 is 0 Å². The summed E-state index contributed by atoms with van der Waals surface area (Å²) in [4.78, 5) is 23.5. The predicted octanol–water partition coefficient (Wildman–Crippen LogP) is 0.697. The summed E-state index contributed by atoms with van der Waals surface area (Å²) in [5.74, 6) is -0.755. The molecular weight excluding hydrogens is 248 g/mol. The molecule has 1 atom stereocenters. The van der Waals surface area contributed by atoms with Crippen LogP contribution < -0.4 is 0 Å². The molecule has 1 aromatic carbocycles. The molecule has 0 aliphatic carbocycles. The number of tetrazole rings is 1. The number of aryl methyl sites for hydroxylation is 1. The van der Waals surface area contributed by atoms with E-state index in [2.05, 4.69) is 15.5 Å². The maximum atomic E-state index is 12.3. The number of hydrogen-bond acceptors (Lipinski definition) is 6. The molecule has 0 aliphatic heterocycles. The lowest BCUT2D eigenvalue weighted by Gasteiger charge is -2.14. The van der Waals surface area contributed by atoms with Gasteiger partial charge >= 0.3 is 5.97 Å². The smallest absolute Gasteiger partial charge is 0.303 e. The van der Waals surface area contributed by atoms with Crippen LogP contribution in [0.1, 0.15) is 29.2 Å². The Morgan fingerprint density at radius 3 is 2.47 bits per heavy atom. The number of ketones is 1. The Morgan fingerprint density at radius 2 is 1.95 bits per heavy atom. The number of esters is 1. The molecule has 7 heteroatoms. The van der Waals surface area contributed by atoms with Gasteiger partial charge in [-0.25, -0.2) is 4.68 Å². The van der Waals surface area contributed by atoms with E-state index in [4.69, 9.17) is 4.74 Å². The van der Waals surface area contributed by atoms with Gasteiger partial charge in [-0.3, -0.25) is 9.59 Å². The van der Waals surface area contributed by atoms with E-state index in [1.165, 1.54) is 11.6 Å². The third-order valence-corrected chi connectivity index (χ3v) is 2.47. The summed E-state index contributed by atoms with van der Waals surface area (Å²) in [6.45, 7) is 1.23. The van der Waals surface area contributed by atoms with Gasteiger partial charge in [-0.2, -0.15) is 0 Å². The SMILES string of the molecule is CC(=O)OC(C(=O)c1ccccc1)c1nnnn1C. The molecule has 1 heterocycles. The second kappa shape index (κ2) is 5.38. The van der Waals surface area contributed by atoms with Crippen molar-refractivity contribution in [2.45, 2.75) is 13.0 Å². The van der Waals surface area contributed by atoms with E-state index in [1.807, 2.05) is 0 Å². The molecule has 0 aliphatic rings. The first-order valence-corrected chi connectivity index (χ1v) is 5.58. The summed E-state index contributed by atoms with van der Waals surface area (Å²) in [6, 6.07) is 8.53. The van der Waals surface area contributed by atoms with Gasteiger partial charge < -0.3 is 4.74 Å². The third kappa shape index (κ3) is 2.82. The fraction of sp³-hybridized carbons (Fsp3) is 0.250. The van der Waals surface area contributed by atoms with Gasteiger partial charge in [-0.15, -0.1) is 5.10 Å². The number of hydrogen-bond donors (Lipinski definition) is 0. The van der Waals surface area contributed by atoms with Gasteiger partial charge in [-0.1, -0.05) is 30.3 Å². The van der Waals surface area contributed by atoms with Crippen molar-refractivity contribution < 1.29 is 14.3 Å². The molecule has 19 heavy (non-hydrogen) atoms. The Balaban J connectivity index is 2.36. The zero-order valence-corrected chi connectivity index (χ0v) is 10.5. The van der Waals surface area contributed by atoms with Crippen molar-refractivity contribution in [3.8, 4) is 0 Å². The van der Waals surface area contributed by atoms with Gasteiger partial charge in [0.1, 0.15) is 0 Å². The van der Waals surface area contributed by atoms with Crippen LogP contribution in [0, 0.1) is 0 Å². The first kappa shape index (κ1) is 12.9. The molecule has 1 aromatic heterocycles. The van der Waals surface area contributed by atoms with Crippen LogP contribution >= 0.6 is 0 Å². The second-order valence-corrected chi connectivity index (χ2v) is 3.88. The third-order valence-electron chi connectivity index (χ3n) is 2.47. The van der Waals surface area contributed by atoms with Crippen LogP contribution in [0.4, 0.5) is 0 Å². The molecule has 98 valence electrons. The number of aromatic nitrogens is 4. The van der Waals surface area contributed by atoms with Crippen LogP contribution in [0.25, 0.3) is 0 Å². The van der Waals surface area contributed by atoms with Crippen molar-refractivity contribution in [1.82, 2.24) is 20.2 Å². The van der Waals surface area contributed by atoms with Gasteiger partial charge in [0.2, 0.25) is 11.9 Å². The highest BCUT2D eigenvalue weighted by molar-refractivity contribution is 6.00. The standard InChI is InChI=1S/C12H12N4O3/c1-8(17)19-11(12-13-14-15-16(12)2)10(18)9-6-4-3-5-7-9/h3-7,11H,1-2H3. The van der Waals surface area contributed by atoms with Crippen LogP contribution in [0.3, 0.4) is 0 Å². The van der Waals surface area contributed by atoms with E-state index in [0.29, 0.717) is 5.56 Å². The summed E-state index contributed by atoms with van der Waals surface area (Å²) < 4.78 is 6.34. The van der Waals surface area contributed by atoms with Crippen molar-refractivity contribution in [2.24, 2.45) is 7.05 Å². The van der Waals surface area contributed by atoms with Crippen molar-refractivity contribution in [3.63, 3.8) is 0 Å². The van der Waals surface area contributed by atoms with Crippen LogP contribution in [-0.2, 0) is 16.6 Å². The van der Waals surface area contributed by atoms with Crippen LogP contribution in [0.2, 0.25) is 0 Å². The Labute approximate surface area is 109 Å². The quantitative estimate of drug-likeness (QED) is 0.594. The number of carbonyl (C=O) groups excluding carboxylic acids is 2. The topological polar surface area (TPSA) is 87.0 Å². The van der Waals surface area contributed by atoms with Gasteiger partial charge in [0.05, 0.1) is 0 Å². The number of rotatable bonds is 4. The Hall–Kier alpha value is -2.57. The number of ether oxygens (including phenoxy) is 1. The molecule has 0 saturated carbocycles. The summed E-state index contributed by atoms with van der Waals surface area (Å²) in [6.07, 6.45) is -1.14. The number of nitrogens with zero attached hydrogens (tertiary/aromatic N) is 4. The van der Waals surface area contributed by atoms with Crippen molar-refractivity contribution >= 4 is 11.8 Å². The highest BCUT2D eigenvalue weighted by Gasteiger charge is 2.29. The number of benzene rings is 1. The van der Waals surface area contributed by atoms with Crippen molar-refractivity contribution in [2.75, 3.05) is 0 Å². The van der Waals surface area contributed by atoms with Crippen LogP contribution in [-0.4, -0.2) is 32.0 Å². The van der Waals surface area contributed by atoms with Gasteiger partial charge in [-0.05, 0) is 10.4 Å². The van der Waals surface area contributed by atoms with Gasteiger partial charge in [0.25, 0.3) is 0 Å². The molecule has 0 fully saturated rings. The maximum absolute atomic E-state index is 12.3. The lowest BCUT2D eigenvalue weighted by atomic mass is 10.1. The zero-order chi connectivity index (χ0) is 13.8. The fourth-order valence-corrected chi connectivity index (χ4v) is 1.60. The molecule has 0 saturated heterocycles. The molecule has 0 spiro atoms. The van der Waals surface area contributed by atoms with Crippen LogP contribution in [0.15, 0.2) is 30.3 Å². The molecule has 0 N–H and O–H groups in total. The van der Waals surface area contributed by atoms with E-state index in [0.717, 1.165) is 0 Å². The average molecular weight is 260 g/mol. The van der Waals surface area contributed by atoms with E-state index in [1.54, 1.807) is 37.4 Å². The van der Waals surface area contributed by atoms with Crippen LogP contribution in [0.5, 0.6) is 0 Å². The van der Waals surface area contributed by atoms with Gasteiger partial charge in [0.15, 0.2) is 5.82 Å². The minimum Gasteiger partial charge on any atom is -0.446 e. The Bertz CT molecular complexity index is 594. The molecule has 0 radical (unpaired) electrons. The fourth-order valence-electron chi connectivity index (χ4n) is 1.60. The van der Waals surface area contributed by atoms with E-state index in [-0.39, 0.29) is 11.6 Å². The average Bonchev–Trinajstić information content (AvgIpc) is 2.82. The normalized spacial score (nSPS) is 11.9. The Morgan fingerprint density at radius 1 is 1.26 bits per heavy atom. The number of Topliss-reactive ketones (excluding diaryl/α,β-unsaturated/α-hetero) is 1. The maximum Gasteiger partial charge on any atom is 0.303 e. The molecule has 2 aromatic rings. The highest BCUT2D eigenvalue weighted by Crippen LogP contribution is 2.19. The first-order chi connectivity index (χ1) is 9.09. The van der Waals surface area contributed by atoms with E-state index in [9.17, 15) is 9.59 Å². The first-order valence-electron chi connectivity index (χ1n) is 5.58. The second-order valence-electron chi connectivity index (χ2n) is 3.88. The molecule has 7 nitrogen and oxygen atoms in total. The van der Waals surface area contributed by atoms with Crippen molar-refractivity contribution in [1.29, 1.82) is 0 Å². The zero-order valence-electron chi connectivity index (χ0n) is 10.5. The largest absolute Gasteiger partial charge is 0.446 e. The Kier molecular flexibility index (Phi) is 3.65. The molecule has 1 unspecified atom stereocenters. The summed E-state index contributed by atoms with van der Waals surface area (Å²) in [7, 11) is 1.57. The molecule has 0 bridgehead atoms. The minimum atomic E-state index is -1.14. The molecule has 0 amide bonds. The number of carbonyl (C=O) groups is 2. The lowest BCUT2D eigenvalue weighted by molar-refractivity contribution is -0.145. The minimum absolute atomic E-state index is 0.184.